The van der Waals surface area contributed by atoms with Crippen LogP contribution in [0, 0.1) is 0 Å². The van der Waals surface area contributed by atoms with E-state index in [1.807, 2.05) is 97.3 Å². The molecule has 1 aliphatic heterocycles. The summed E-state index contributed by atoms with van der Waals surface area (Å²) in [4.78, 5) is 16.5. The molecule has 1 aromatic heterocycles. The third kappa shape index (κ3) is 7.10. The van der Waals surface area contributed by atoms with E-state index >= 15 is 0 Å². The zero-order valence-corrected chi connectivity index (χ0v) is 25.8. The molecule has 1 aliphatic rings. The summed E-state index contributed by atoms with van der Waals surface area (Å²) in [5.41, 5.74) is 7.64. The number of amides is 1. The minimum absolute atomic E-state index is 0.00722. The highest BCUT2D eigenvalue weighted by Crippen LogP contribution is 2.39. The Labute approximate surface area is 270 Å². The molecule has 44 heavy (non-hydrogen) atoms. The Kier molecular flexibility index (Phi) is 9.23. The van der Waals surface area contributed by atoms with Crippen LogP contribution in [-0.4, -0.2) is 30.5 Å². The van der Waals surface area contributed by atoms with Crippen LogP contribution in [0.15, 0.2) is 103 Å². The maximum absolute atomic E-state index is 11.9. The van der Waals surface area contributed by atoms with Crippen LogP contribution in [0.3, 0.4) is 0 Å². The molecule has 7 nitrogen and oxygen atoms in total. The monoisotopic (exact) mass is 649 g/mol. The lowest BCUT2D eigenvalue weighted by atomic mass is 9.99. The molecular weight excluding hydrogens is 621 g/mol. The quantitative estimate of drug-likeness (QED) is 0.171. The number of halogens is 3. The number of aliphatic hydroxyl groups excluding tert-OH is 1. The Balaban J connectivity index is 1.22. The van der Waals surface area contributed by atoms with Crippen molar-refractivity contribution in [1.29, 1.82) is 0 Å². The number of carbonyl (C=O) groups is 1. The second-order valence-electron chi connectivity index (χ2n) is 10.7. The summed E-state index contributed by atoms with van der Waals surface area (Å²) in [6, 6.07) is 31.8. The summed E-state index contributed by atoms with van der Waals surface area (Å²) in [7, 11) is 0. The molecule has 0 radical (unpaired) electrons. The molecule has 2 N–H and O–H groups in total. The van der Waals surface area contributed by atoms with Crippen LogP contribution in [0.4, 0.5) is 0 Å². The highest BCUT2D eigenvalue weighted by Gasteiger charge is 2.33. The predicted octanol–water partition coefficient (Wildman–Crippen LogP) is 7.43. The van der Waals surface area contributed by atoms with Crippen molar-refractivity contribution < 1.29 is 19.4 Å². The molecule has 0 bridgehead atoms. The molecule has 6 rings (SSSR count). The van der Waals surface area contributed by atoms with Crippen LogP contribution in [0.1, 0.15) is 41.1 Å². The van der Waals surface area contributed by atoms with Gasteiger partial charge in [0.2, 0.25) is 0 Å². The number of para-hydroxylation sites is 2. The average Bonchev–Trinajstić information content (AvgIpc) is 3.45. The van der Waals surface area contributed by atoms with E-state index in [0.717, 1.165) is 44.4 Å². The first kappa shape index (κ1) is 30.6. The number of alkyl halides is 3. The fourth-order valence-corrected chi connectivity index (χ4v) is 5.58. The lowest BCUT2D eigenvalue weighted by Crippen LogP contribution is -2.33. The van der Waals surface area contributed by atoms with Gasteiger partial charge in [-0.2, -0.15) is 0 Å². The molecule has 226 valence electrons. The summed E-state index contributed by atoms with van der Waals surface area (Å²) in [6.07, 6.45) is 1.62. The van der Waals surface area contributed by atoms with Gasteiger partial charge in [0.25, 0.3) is 9.70 Å². The Morgan fingerprint density at radius 2 is 1.64 bits per heavy atom. The van der Waals surface area contributed by atoms with Crippen molar-refractivity contribution >= 4 is 51.7 Å². The number of carbonyl (C=O) groups excluding carboxylic acids is 1. The van der Waals surface area contributed by atoms with Crippen LogP contribution in [-0.2, 0) is 34.0 Å². The number of rotatable bonds is 8. The van der Waals surface area contributed by atoms with E-state index < -0.39 is 16.0 Å². The van der Waals surface area contributed by atoms with E-state index in [0.29, 0.717) is 13.0 Å². The molecule has 1 fully saturated rings. The highest BCUT2D eigenvalue weighted by atomic mass is 35.6. The van der Waals surface area contributed by atoms with E-state index in [1.165, 1.54) is 0 Å². The van der Waals surface area contributed by atoms with Crippen molar-refractivity contribution in [1.82, 2.24) is 14.9 Å². The summed E-state index contributed by atoms with van der Waals surface area (Å²) < 4.78 is 13.2. The smallest absolute Gasteiger partial charge is 0.272 e. The fourth-order valence-electron chi connectivity index (χ4n) is 5.38. The number of aromatic nitrogens is 2. The molecule has 1 amide bonds. The first-order valence-corrected chi connectivity index (χ1v) is 15.3. The van der Waals surface area contributed by atoms with Crippen molar-refractivity contribution in [3.05, 3.63) is 126 Å². The zero-order valence-electron chi connectivity index (χ0n) is 23.6. The summed E-state index contributed by atoms with van der Waals surface area (Å²) in [5.74, 6) is -0.674. The van der Waals surface area contributed by atoms with Gasteiger partial charge in [0.1, 0.15) is 0 Å². The molecule has 0 aliphatic carbocycles. The van der Waals surface area contributed by atoms with E-state index in [9.17, 15) is 9.90 Å². The van der Waals surface area contributed by atoms with E-state index in [1.54, 1.807) is 0 Å². The molecular formula is C34H30Cl3N3O4. The van der Waals surface area contributed by atoms with E-state index in [-0.39, 0.29) is 25.4 Å². The van der Waals surface area contributed by atoms with Gasteiger partial charge in [-0.05, 0) is 46.0 Å². The average molecular weight is 651 g/mol. The number of nitrogens with zero attached hydrogens (tertiary/aromatic N) is 2. The number of hydrogen-bond acceptors (Lipinski definition) is 5. The maximum atomic E-state index is 11.9. The largest absolute Gasteiger partial charge is 0.392 e. The number of benzene rings is 4. The maximum Gasteiger partial charge on any atom is 0.272 e. The number of imidazole rings is 1. The van der Waals surface area contributed by atoms with Crippen molar-refractivity contribution in [3.63, 3.8) is 0 Å². The number of fused-ring (bicyclic) bond motifs is 1. The minimum Gasteiger partial charge on any atom is -0.392 e. The zero-order chi connectivity index (χ0) is 30.7. The van der Waals surface area contributed by atoms with Gasteiger partial charge in [-0.15, -0.1) is 0 Å². The Morgan fingerprint density at radius 1 is 0.886 bits per heavy atom. The minimum atomic E-state index is -2.01. The molecule has 5 aromatic rings. The Hall–Kier alpha value is -3.43. The second kappa shape index (κ2) is 13.3. The number of ether oxygens (including phenoxy) is 2. The van der Waals surface area contributed by atoms with Crippen LogP contribution in [0.2, 0.25) is 0 Å². The highest BCUT2D eigenvalue weighted by molar-refractivity contribution is 6.76. The number of aliphatic hydroxyl groups is 1. The molecule has 0 saturated carbocycles. The molecule has 1 saturated heterocycles. The van der Waals surface area contributed by atoms with Crippen molar-refractivity contribution in [2.75, 3.05) is 0 Å². The first-order chi connectivity index (χ1) is 21.3. The third-order valence-electron chi connectivity index (χ3n) is 7.70. The molecule has 10 heteroatoms. The topological polar surface area (TPSA) is 85.6 Å². The Morgan fingerprint density at radius 3 is 2.39 bits per heavy atom. The van der Waals surface area contributed by atoms with Crippen molar-refractivity contribution in [3.8, 4) is 11.1 Å². The standard InChI is InChI=1S/C34H30Cl3N3O4/c35-34(36,37)33(42)38-18-23-4-3-5-27(16-23)24-12-14-26(15-13-24)32-43-28(19-40-21-39-29-6-1-2-7-30(29)40)17-31(44-32)25-10-8-22(20-41)9-11-25/h1-16,21,28,31-32,41H,17-20H2,(H,38,42)/t28-,31+,32+/m0/s1. The Bertz CT molecular complexity index is 1740. The lowest BCUT2D eigenvalue weighted by molar-refractivity contribution is -0.252. The molecule has 0 spiro atoms. The molecule has 3 atom stereocenters. The molecule has 4 aromatic carbocycles. The van der Waals surface area contributed by atoms with Crippen molar-refractivity contribution in [2.45, 2.75) is 48.4 Å². The SMILES string of the molecule is O=C(NCc1cccc(-c2ccc([C@@H]3O[C@H](Cn4cnc5ccccc54)C[C@H](c4ccc(CO)cc4)O3)cc2)c1)C(Cl)(Cl)Cl. The fraction of sp³-hybridized carbons (Fsp3) is 0.235. The van der Waals surface area contributed by atoms with Gasteiger partial charge in [0, 0.05) is 18.5 Å². The molecule has 2 heterocycles. The molecule has 0 unspecified atom stereocenters. The van der Waals surface area contributed by atoms with Gasteiger partial charge in [-0.1, -0.05) is 114 Å². The lowest BCUT2D eigenvalue weighted by Gasteiger charge is -2.36. The second-order valence-corrected chi connectivity index (χ2v) is 13.0. The van der Waals surface area contributed by atoms with Crippen LogP contribution >= 0.6 is 34.8 Å². The van der Waals surface area contributed by atoms with Gasteiger partial charge >= 0.3 is 0 Å². The van der Waals surface area contributed by atoms with Crippen molar-refractivity contribution in [2.24, 2.45) is 0 Å². The van der Waals surface area contributed by atoms with Crippen LogP contribution in [0.5, 0.6) is 0 Å². The van der Waals surface area contributed by atoms with E-state index in [4.69, 9.17) is 44.3 Å². The van der Waals surface area contributed by atoms with Gasteiger partial charge in [0.05, 0.1) is 42.7 Å². The first-order valence-electron chi connectivity index (χ1n) is 14.2. The summed E-state index contributed by atoms with van der Waals surface area (Å²) in [5, 5.41) is 12.1. The summed E-state index contributed by atoms with van der Waals surface area (Å²) in [6.45, 7) is 0.856. The summed E-state index contributed by atoms with van der Waals surface area (Å²) >= 11 is 17.0. The normalized spacial score (nSPS) is 18.8. The van der Waals surface area contributed by atoms with Crippen LogP contribution < -0.4 is 5.32 Å². The van der Waals surface area contributed by atoms with Gasteiger partial charge in [-0.3, -0.25) is 4.79 Å². The number of hydrogen-bond donors (Lipinski definition) is 2. The van der Waals surface area contributed by atoms with Gasteiger partial charge in [0.15, 0.2) is 6.29 Å². The van der Waals surface area contributed by atoms with Crippen LogP contribution in [0.25, 0.3) is 22.2 Å². The predicted molar refractivity (Wildman–Crippen MR) is 172 cm³/mol. The van der Waals surface area contributed by atoms with Gasteiger partial charge < -0.3 is 24.5 Å². The number of nitrogens with one attached hydrogen (secondary N) is 1. The van der Waals surface area contributed by atoms with Gasteiger partial charge in [-0.25, -0.2) is 4.98 Å². The van der Waals surface area contributed by atoms with E-state index in [2.05, 4.69) is 20.9 Å². The third-order valence-corrected chi connectivity index (χ3v) is 8.21.